The Bertz CT molecular complexity index is 1920. The van der Waals surface area contributed by atoms with Crippen molar-refractivity contribution in [1.29, 1.82) is 0 Å². The van der Waals surface area contributed by atoms with Gasteiger partial charge in [-0.15, -0.1) is 0 Å². The van der Waals surface area contributed by atoms with Crippen LogP contribution in [0.3, 0.4) is 0 Å². The van der Waals surface area contributed by atoms with E-state index in [0.29, 0.717) is 46.7 Å². The third-order valence-corrected chi connectivity index (χ3v) is 11.2. The van der Waals surface area contributed by atoms with Gasteiger partial charge in [-0.1, -0.05) is 56.9 Å². The molecule has 1 aliphatic carbocycles. The first-order chi connectivity index (χ1) is 28.5. The normalized spacial score (nSPS) is 18.5. The molecule has 1 fully saturated rings. The predicted octanol–water partition coefficient (Wildman–Crippen LogP) is 4.45. The lowest BCUT2D eigenvalue weighted by molar-refractivity contribution is -0.141. The quantitative estimate of drug-likeness (QED) is 0.0946. The molecule has 0 spiro atoms. The molecular formula is C46H65N7O6. The molecule has 4 amide bonds. The molecule has 13 heteroatoms. The number of unbranched alkanes of at least 4 members (excludes halogenated alkanes) is 4. The molecule has 2 unspecified atom stereocenters. The summed E-state index contributed by atoms with van der Waals surface area (Å²) in [6.07, 6.45) is 9.08. The Morgan fingerprint density at radius 1 is 0.847 bits per heavy atom. The van der Waals surface area contributed by atoms with Crippen molar-refractivity contribution in [2.45, 2.75) is 109 Å². The van der Waals surface area contributed by atoms with E-state index in [0.717, 1.165) is 36.8 Å². The molecular weight excluding hydrogens is 747 g/mol. The number of nitrogens with zero attached hydrogens (tertiary/aromatic N) is 1. The molecule has 3 aromatic carbocycles. The van der Waals surface area contributed by atoms with Crippen molar-refractivity contribution in [1.82, 2.24) is 20.9 Å². The molecule has 0 aromatic heterocycles. The molecule has 59 heavy (non-hydrogen) atoms. The molecule has 1 saturated carbocycles. The van der Waals surface area contributed by atoms with E-state index in [-0.39, 0.29) is 50.6 Å². The summed E-state index contributed by atoms with van der Waals surface area (Å²) >= 11 is 0. The summed E-state index contributed by atoms with van der Waals surface area (Å²) in [5.41, 5.74) is 22.9. The number of nitrogens with two attached hydrogens (primary N) is 3. The van der Waals surface area contributed by atoms with Gasteiger partial charge in [0.2, 0.25) is 17.7 Å². The number of aryl methyl sites for hydroxylation is 2. The standard InChI is InChI=1S/C46H65N7O6/c1-5-6-7-8-9-10-31-11-16-35(29(2)25-31)43(54)51-38(19-20-47)46(57)53(4)42-34-15-18-40(59-24-22-49)37(28-34)36-27-32(12-17-39(36)58-23-21-48)26-30(3)50-44(55)41(33-13-14-33)52-45(42)56/h11-12,15-18,25,27-28,30,33,38,41-42H,5-10,13-14,19-24,26,47-49H2,1-4H3,(H,50,55)(H,51,54)(H,52,56)/t30?,38-,41-,42?/m0/s1. The summed E-state index contributed by atoms with van der Waals surface area (Å²) in [5.74, 6) is -0.693. The highest BCUT2D eigenvalue weighted by Gasteiger charge is 2.41. The summed E-state index contributed by atoms with van der Waals surface area (Å²) in [4.78, 5) is 58.3. The Hall–Kier alpha value is -4.98. The van der Waals surface area contributed by atoms with Gasteiger partial charge in [-0.3, -0.25) is 19.2 Å². The van der Waals surface area contributed by atoms with Gasteiger partial charge in [0.25, 0.3) is 5.91 Å². The van der Waals surface area contributed by atoms with Gasteiger partial charge in [-0.25, -0.2) is 0 Å². The number of likely N-dealkylation sites (N-methyl/N-ethyl adjacent to an activating group) is 1. The zero-order valence-electron chi connectivity index (χ0n) is 35.3. The first kappa shape index (κ1) is 45.1. The predicted molar refractivity (Wildman–Crippen MR) is 231 cm³/mol. The number of fused-ring (bicyclic) bond motifs is 5. The summed E-state index contributed by atoms with van der Waals surface area (Å²) < 4.78 is 12.3. The van der Waals surface area contributed by atoms with Crippen molar-refractivity contribution < 1.29 is 28.7 Å². The van der Waals surface area contributed by atoms with Crippen LogP contribution in [-0.2, 0) is 27.2 Å². The molecule has 4 bridgehead atoms. The Morgan fingerprint density at radius 2 is 1.53 bits per heavy atom. The van der Waals surface area contributed by atoms with Crippen LogP contribution in [0.4, 0.5) is 0 Å². The molecule has 0 radical (unpaired) electrons. The van der Waals surface area contributed by atoms with E-state index in [1.165, 1.54) is 43.2 Å². The fourth-order valence-corrected chi connectivity index (χ4v) is 7.88. The van der Waals surface area contributed by atoms with Crippen molar-refractivity contribution >= 4 is 23.6 Å². The maximum atomic E-state index is 14.7. The molecule has 9 N–H and O–H groups in total. The van der Waals surface area contributed by atoms with Crippen molar-refractivity contribution in [3.63, 3.8) is 0 Å². The smallest absolute Gasteiger partial charge is 0.252 e. The highest BCUT2D eigenvalue weighted by molar-refractivity contribution is 6.00. The molecule has 13 nitrogen and oxygen atoms in total. The highest BCUT2D eigenvalue weighted by Crippen LogP contribution is 2.41. The van der Waals surface area contributed by atoms with Gasteiger partial charge in [-0.05, 0) is 117 Å². The van der Waals surface area contributed by atoms with Crippen LogP contribution in [0.2, 0.25) is 0 Å². The Kier molecular flexibility index (Phi) is 16.7. The zero-order chi connectivity index (χ0) is 42.5. The second-order valence-corrected chi connectivity index (χ2v) is 16.1. The first-order valence-electron chi connectivity index (χ1n) is 21.4. The van der Waals surface area contributed by atoms with Crippen molar-refractivity contribution in [3.05, 3.63) is 82.4 Å². The third kappa shape index (κ3) is 12.1. The van der Waals surface area contributed by atoms with Gasteiger partial charge in [0, 0.05) is 42.9 Å². The Balaban J connectivity index is 1.53. The average molecular weight is 812 g/mol. The summed E-state index contributed by atoms with van der Waals surface area (Å²) in [6.45, 7) is 7.20. The molecule has 320 valence electrons. The number of rotatable bonds is 19. The van der Waals surface area contributed by atoms with Crippen LogP contribution in [0.1, 0.15) is 104 Å². The first-order valence-corrected chi connectivity index (χ1v) is 21.4. The topological polar surface area (TPSA) is 204 Å². The largest absolute Gasteiger partial charge is 0.492 e. The van der Waals surface area contributed by atoms with E-state index in [2.05, 4.69) is 22.9 Å². The van der Waals surface area contributed by atoms with E-state index in [1.54, 1.807) is 12.1 Å². The SMILES string of the molecule is CCCCCCCc1ccc(C(=O)N[C@@H](CCN)C(=O)N(C)C2C(=O)N[C@@H](C3CC3)C(=O)NC(C)Cc3ccc(OCCN)c(c3)-c3cc2ccc3OCCN)c(C)c1. The second-order valence-electron chi connectivity index (χ2n) is 16.1. The van der Waals surface area contributed by atoms with Gasteiger partial charge in [-0.2, -0.15) is 0 Å². The number of hydrogen-bond acceptors (Lipinski definition) is 9. The van der Waals surface area contributed by atoms with Gasteiger partial charge >= 0.3 is 0 Å². The molecule has 2 aliphatic rings. The van der Waals surface area contributed by atoms with Crippen LogP contribution in [0.5, 0.6) is 11.5 Å². The van der Waals surface area contributed by atoms with Gasteiger partial charge in [0.1, 0.15) is 42.8 Å². The zero-order valence-corrected chi connectivity index (χ0v) is 35.3. The van der Waals surface area contributed by atoms with E-state index < -0.39 is 35.8 Å². The van der Waals surface area contributed by atoms with E-state index in [1.807, 2.05) is 56.3 Å². The second kappa shape index (κ2) is 21.9. The van der Waals surface area contributed by atoms with E-state index in [9.17, 15) is 19.2 Å². The van der Waals surface area contributed by atoms with Crippen LogP contribution in [-0.4, -0.2) is 86.5 Å². The summed E-state index contributed by atoms with van der Waals surface area (Å²) in [5, 5.41) is 9.07. The molecule has 1 heterocycles. The molecule has 4 atom stereocenters. The molecule has 5 rings (SSSR count). The summed E-state index contributed by atoms with van der Waals surface area (Å²) in [6, 6.07) is 13.6. The molecule has 3 aromatic rings. The fraction of sp³-hybridized carbons (Fsp3) is 0.522. The Morgan fingerprint density at radius 3 is 2.17 bits per heavy atom. The molecule has 1 aliphatic heterocycles. The monoisotopic (exact) mass is 811 g/mol. The number of hydrogen-bond donors (Lipinski definition) is 6. The number of nitrogens with one attached hydrogen (secondary N) is 3. The van der Waals surface area contributed by atoms with Crippen molar-refractivity contribution in [2.75, 3.05) is 39.9 Å². The van der Waals surface area contributed by atoms with Crippen LogP contribution in [0.25, 0.3) is 11.1 Å². The van der Waals surface area contributed by atoms with Crippen LogP contribution < -0.4 is 42.6 Å². The lowest BCUT2D eigenvalue weighted by Crippen LogP contribution is -2.55. The number of ether oxygens (including phenoxy) is 2. The molecule has 0 saturated heterocycles. The minimum atomic E-state index is -1.22. The minimum Gasteiger partial charge on any atom is -0.492 e. The van der Waals surface area contributed by atoms with Crippen molar-refractivity contribution in [3.8, 4) is 22.6 Å². The van der Waals surface area contributed by atoms with Crippen molar-refractivity contribution in [2.24, 2.45) is 23.1 Å². The van der Waals surface area contributed by atoms with Gasteiger partial charge < -0.3 is 47.5 Å². The number of benzene rings is 3. The van der Waals surface area contributed by atoms with Gasteiger partial charge in [0.05, 0.1) is 0 Å². The van der Waals surface area contributed by atoms with E-state index >= 15 is 0 Å². The average Bonchev–Trinajstić information content (AvgIpc) is 4.06. The fourth-order valence-electron chi connectivity index (χ4n) is 7.88. The lowest BCUT2D eigenvalue weighted by Gasteiger charge is -2.33. The van der Waals surface area contributed by atoms with Gasteiger partial charge in [0.15, 0.2) is 0 Å². The minimum absolute atomic E-state index is 0.0335. The maximum Gasteiger partial charge on any atom is 0.252 e. The lowest BCUT2D eigenvalue weighted by atomic mass is 9.93. The van der Waals surface area contributed by atoms with E-state index in [4.69, 9.17) is 26.7 Å². The van der Waals surface area contributed by atoms with Crippen LogP contribution in [0.15, 0.2) is 54.6 Å². The number of carbonyl (C=O) groups is 4. The number of amides is 4. The third-order valence-electron chi connectivity index (χ3n) is 11.2. The maximum absolute atomic E-state index is 14.7. The highest BCUT2D eigenvalue weighted by atomic mass is 16.5. The summed E-state index contributed by atoms with van der Waals surface area (Å²) in [7, 11) is 1.54. The van der Waals surface area contributed by atoms with Crippen LogP contribution in [0, 0.1) is 12.8 Å². The van der Waals surface area contributed by atoms with Crippen LogP contribution >= 0.6 is 0 Å². The number of carbonyl (C=O) groups excluding carboxylic acids is 4. The Labute approximate surface area is 349 Å².